The van der Waals surface area contributed by atoms with Gasteiger partial charge in [-0.3, -0.25) is 0 Å². The lowest BCUT2D eigenvalue weighted by atomic mass is 9.91. The molecule has 1 saturated carbocycles. The molecular formula is C27H29N2O+. The minimum absolute atomic E-state index is 0.572. The molecule has 0 unspecified atom stereocenters. The van der Waals surface area contributed by atoms with Gasteiger partial charge in [-0.2, -0.15) is 4.57 Å². The van der Waals surface area contributed by atoms with Gasteiger partial charge in [0.15, 0.2) is 11.8 Å². The zero-order chi connectivity index (χ0) is 20.7. The van der Waals surface area contributed by atoms with Crippen LogP contribution in [0.25, 0.3) is 43.9 Å². The topological polar surface area (TPSA) is 21.9 Å². The SMILES string of the molecule is Cc1cc2cc(C)c(C)c3c2c(c1)oc1c(C2CCCC2)c2c(cc[n+]2C)n(C)c13. The van der Waals surface area contributed by atoms with Crippen LogP contribution < -0.4 is 4.57 Å². The zero-order valence-electron chi connectivity index (χ0n) is 18.6. The third-order valence-corrected chi connectivity index (χ3v) is 7.54. The lowest BCUT2D eigenvalue weighted by Gasteiger charge is -2.20. The predicted molar refractivity (Wildman–Crippen MR) is 124 cm³/mol. The first-order valence-electron chi connectivity index (χ1n) is 11.2. The molecule has 1 fully saturated rings. The molecule has 3 heterocycles. The molecule has 152 valence electrons. The van der Waals surface area contributed by atoms with Gasteiger partial charge in [0.25, 0.3) is 0 Å². The largest absolute Gasteiger partial charge is 0.454 e. The summed E-state index contributed by atoms with van der Waals surface area (Å²) in [5.41, 5.74) is 11.4. The van der Waals surface area contributed by atoms with Crippen molar-refractivity contribution in [2.75, 3.05) is 0 Å². The van der Waals surface area contributed by atoms with Crippen molar-refractivity contribution in [3.63, 3.8) is 0 Å². The molecule has 3 heteroatoms. The number of pyridine rings is 1. The highest BCUT2D eigenvalue weighted by molar-refractivity contribution is 6.20. The van der Waals surface area contributed by atoms with E-state index < -0.39 is 0 Å². The number of aryl methyl sites for hydroxylation is 5. The Bertz CT molecular complexity index is 1490. The summed E-state index contributed by atoms with van der Waals surface area (Å²) in [7, 11) is 4.37. The smallest absolute Gasteiger partial charge is 0.236 e. The van der Waals surface area contributed by atoms with Gasteiger partial charge in [0.1, 0.15) is 18.1 Å². The molecule has 0 aliphatic heterocycles. The number of fused-ring (bicyclic) bond motifs is 3. The van der Waals surface area contributed by atoms with Gasteiger partial charge < -0.3 is 8.98 Å². The fraction of sp³-hybridized carbons (Fsp3) is 0.370. The van der Waals surface area contributed by atoms with E-state index in [0.29, 0.717) is 5.92 Å². The van der Waals surface area contributed by atoms with E-state index in [0.717, 1.165) is 11.2 Å². The Labute approximate surface area is 176 Å². The third-order valence-electron chi connectivity index (χ3n) is 7.54. The highest BCUT2D eigenvalue weighted by Crippen LogP contribution is 2.45. The summed E-state index contributed by atoms with van der Waals surface area (Å²) in [5, 5.41) is 3.90. The fourth-order valence-corrected chi connectivity index (χ4v) is 5.98. The van der Waals surface area contributed by atoms with Crippen molar-refractivity contribution < 1.29 is 8.98 Å². The molecular weight excluding hydrogens is 368 g/mol. The van der Waals surface area contributed by atoms with E-state index in [1.165, 1.54) is 80.6 Å². The van der Waals surface area contributed by atoms with Crippen molar-refractivity contribution in [2.24, 2.45) is 14.1 Å². The van der Waals surface area contributed by atoms with Crippen LogP contribution in [0.2, 0.25) is 0 Å². The molecule has 1 aliphatic rings. The third kappa shape index (κ3) is 2.24. The van der Waals surface area contributed by atoms with Crippen LogP contribution in [0, 0.1) is 20.8 Å². The minimum Gasteiger partial charge on any atom is -0.454 e. The van der Waals surface area contributed by atoms with E-state index in [1.807, 2.05) is 0 Å². The summed E-state index contributed by atoms with van der Waals surface area (Å²) in [4.78, 5) is 0. The molecule has 2 aromatic carbocycles. The molecule has 0 saturated heterocycles. The first kappa shape index (κ1) is 18.0. The molecule has 0 spiro atoms. The second-order valence-electron chi connectivity index (χ2n) is 9.45. The van der Waals surface area contributed by atoms with Crippen LogP contribution in [-0.4, -0.2) is 4.57 Å². The van der Waals surface area contributed by atoms with Gasteiger partial charge in [0.05, 0.1) is 11.1 Å². The van der Waals surface area contributed by atoms with Crippen LogP contribution in [0.1, 0.15) is 53.9 Å². The van der Waals surface area contributed by atoms with Gasteiger partial charge in [-0.15, -0.1) is 0 Å². The maximum atomic E-state index is 6.85. The summed E-state index contributed by atoms with van der Waals surface area (Å²) in [5.74, 6) is 0.572. The number of nitrogens with zero attached hydrogens (tertiary/aromatic N) is 2. The molecule has 3 aromatic heterocycles. The van der Waals surface area contributed by atoms with Crippen LogP contribution in [0.15, 0.2) is 34.9 Å². The second-order valence-corrected chi connectivity index (χ2v) is 9.45. The Hall–Kier alpha value is -2.81. The van der Waals surface area contributed by atoms with E-state index in [9.17, 15) is 0 Å². The lowest BCUT2D eigenvalue weighted by Crippen LogP contribution is -2.27. The van der Waals surface area contributed by atoms with Crippen molar-refractivity contribution in [1.29, 1.82) is 0 Å². The molecule has 1 aliphatic carbocycles. The Morgan fingerprint density at radius 2 is 1.80 bits per heavy atom. The normalized spacial score (nSPS) is 15.5. The summed E-state index contributed by atoms with van der Waals surface area (Å²) in [6.45, 7) is 6.68. The van der Waals surface area contributed by atoms with Crippen LogP contribution in [0.5, 0.6) is 0 Å². The molecule has 0 N–H and O–H groups in total. The molecule has 0 atom stereocenters. The van der Waals surface area contributed by atoms with Crippen molar-refractivity contribution in [3.05, 3.63) is 52.7 Å². The molecule has 5 aromatic rings. The number of hydrogen-bond acceptors (Lipinski definition) is 1. The Morgan fingerprint density at radius 3 is 2.57 bits per heavy atom. The number of benzene rings is 2. The summed E-state index contributed by atoms with van der Waals surface area (Å²) >= 11 is 0. The summed E-state index contributed by atoms with van der Waals surface area (Å²) in [6.07, 6.45) is 7.34. The maximum absolute atomic E-state index is 6.85. The van der Waals surface area contributed by atoms with Crippen molar-refractivity contribution in [3.8, 4) is 0 Å². The minimum atomic E-state index is 0.572. The molecule has 6 rings (SSSR count). The molecule has 0 radical (unpaired) electrons. The van der Waals surface area contributed by atoms with Gasteiger partial charge >= 0.3 is 0 Å². The van der Waals surface area contributed by atoms with Crippen LogP contribution in [0.3, 0.4) is 0 Å². The predicted octanol–water partition coefficient (Wildman–Crippen LogP) is 6.64. The highest BCUT2D eigenvalue weighted by Gasteiger charge is 2.31. The van der Waals surface area contributed by atoms with E-state index in [4.69, 9.17) is 4.42 Å². The standard InChI is InChI=1S/C27H29N2O/c1-15-12-19-14-16(2)17(3)22-23(19)21(13-15)30-27-24(18-8-6-7-9-18)25-20(10-11-28(25)4)29(5)26(22)27/h10-14,18H,6-9H2,1-5H3/q+1. The summed E-state index contributed by atoms with van der Waals surface area (Å²) in [6, 6.07) is 9.10. The average molecular weight is 398 g/mol. The molecule has 0 bridgehead atoms. The van der Waals surface area contributed by atoms with Crippen molar-refractivity contribution >= 4 is 43.9 Å². The van der Waals surface area contributed by atoms with Gasteiger partial charge in [0.2, 0.25) is 5.52 Å². The van der Waals surface area contributed by atoms with Crippen molar-refractivity contribution in [2.45, 2.75) is 52.4 Å². The van der Waals surface area contributed by atoms with Gasteiger partial charge in [-0.05, 0) is 67.7 Å². The lowest BCUT2D eigenvalue weighted by molar-refractivity contribution is -0.642. The Morgan fingerprint density at radius 1 is 1.03 bits per heavy atom. The quantitative estimate of drug-likeness (QED) is 0.177. The second kappa shape index (κ2) is 6.10. The van der Waals surface area contributed by atoms with Gasteiger partial charge in [0, 0.05) is 23.9 Å². The maximum Gasteiger partial charge on any atom is 0.236 e. The summed E-state index contributed by atoms with van der Waals surface area (Å²) < 4.78 is 11.5. The van der Waals surface area contributed by atoms with Crippen LogP contribution in [0.4, 0.5) is 0 Å². The molecule has 3 nitrogen and oxygen atoms in total. The average Bonchev–Trinajstić information content (AvgIpc) is 3.36. The zero-order valence-corrected chi connectivity index (χ0v) is 18.6. The Balaban J connectivity index is 1.96. The fourth-order valence-electron chi connectivity index (χ4n) is 5.98. The van der Waals surface area contributed by atoms with Gasteiger partial charge in [-0.25, -0.2) is 0 Å². The van der Waals surface area contributed by atoms with E-state index in [-0.39, 0.29) is 0 Å². The van der Waals surface area contributed by atoms with Crippen LogP contribution >= 0.6 is 0 Å². The van der Waals surface area contributed by atoms with E-state index in [2.05, 4.69) is 74.5 Å². The number of rotatable bonds is 1. The first-order chi connectivity index (χ1) is 14.5. The van der Waals surface area contributed by atoms with E-state index in [1.54, 1.807) is 0 Å². The van der Waals surface area contributed by atoms with Gasteiger partial charge in [-0.1, -0.05) is 25.0 Å². The Kier molecular flexibility index (Phi) is 3.66. The van der Waals surface area contributed by atoms with Crippen molar-refractivity contribution in [1.82, 2.24) is 4.57 Å². The van der Waals surface area contributed by atoms with E-state index >= 15 is 0 Å². The molecule has 30 heavy (non-hydrogen) atoms. The molecule has 0 amide bonds. The highest BCUT2D eigenvalue weighted by atomic mass is 16.3. The number of hydrogen-bond donors (Lipinski definition) is 0. The first-order valence-corrected chi connectivity index (χ1v) is 11.2. The van der Waals surface area contributed by atoms with Crippen LogP contribution in [-0.2, 0) is 14.1 Å². The number of aromatic nitrogens is 2. The monoisotopic (exact) mass is 397 g/mol.